The third kappa shape index (κ3) is 10.7. The highest BCUT2D eigenvalue weighted by molar-refractivity contribution is 9.08. The molecule has 34 heavy (non-hydrogen) atoms. The molecule has 1 N–H and O–H groups in total. The van der Waals surface area contributed by atoms with Gasteiger partial charge in [0.25, 0.3) is 0 Å². The molecule has 0 spiro atoms. The van der Waals surface area contributed by atoms with Crippen molar-refractivity contribution in [3.63, 3.8) is 0 Å². The van der Waals surface area contributed by atoms with Crippen molar-refractivity contribution < 1.29 is 28.0 Å². The predicted molar refractivity (Wildman–Crippen MR) is 140 cm³/mol. The Bertz CT molecular complexity index is 891. The van der Waals surface area contributed by atoms with Crippen LogP contribution in [0.3, 0.4) is 0 Å². The van der Waals surface area contributed by atoms with Crippen LogP contribution in [0.4, 0.5) is 0 Å². The van der Waals surface area contributed by atoms with Gasteiger partial charge in [-0.2, -0.15) is 0 Å². The number of phosphoric ester groups is 1. The van der Waals surface area contributed by atoms with Crippen LogP contribution < -0.4 is 18.5 Å². The van der Waals surface area contributed by atoms with Crippen molar-refractivity contribution in [2.75, 3.05) is 13.7 Å². The molecule has 0 aliphatic carbocycles. The summed E-state index contributed by atoms with van der Waals surface area (Å²) in [5.74, 6) is 1.07. The number of para-hydroxylation sites is 1. The third-order valence-corrected chi connectivity index (χ3v) is 6.91. The molecule has 0 heterocycles. The van der Waals surface area contributed by atoms with Gasteiger partial charge in [-0.3, -0.25) is 4.89 Å². The molecule has 0 aromatic heterocycles. The van der Waals surface area contributed by atoms with Crippen LogP contribution in [0.1, 0.15) is 76.7 Å². The first-order valence-corrected chi connectivity index (χ1v) is 14.8. The molecule has 0 saturated heterocycles. The minimum Gasteiger partial charge on any atom is -0.490 e. The van der Waals surface area contributed by atoms with Gasteiger partial charge < -0.3 is 18.5 Å². The normalized spacial score (nSPS) is 12.7. The molecule has 1 unspecified atom stereocenters. The maximum atomic E-state index is 12.6. The monoisotopic (exact) mass is 556 g/mol. The lowest BCUT2D eigenvalue weighted by Gasteiger charge is -2.18. The zero-order valence-corrected chi connectivity index (χ0v) is 22.8. The minimum absolute atomic E-state index is 0.0885. The molecule has 6 nitrogen and oxygen atoms in total. The molecule has 2 aromatic carbocycles. The summed E-state index contributed by atoms with van der Waals surface area (Å²) in [4.78, 5) is 10.3. The fourth-order valence-electron chi connectivity index (χ4n) is 3.62. The third-order valence-electron chi connectivity index (χ3n) is 5.39. The molecular formula is C26H38BrO6P. The maximum Gasteiger partial charge on any atom is 0.585 e. The number of ether oxygens (including phenoxy) is 2. The highest BCUT2D eigenvalue weighted by Crippen LogP contribution is 2.49. The van der Waals surface area contributed by atoms with E-state index >= 15 is 0 Å². The number of rotatable bonds is 18. The Morgan fingerprint density at radius 2 is 1.47 bits per heavy atom. The predicted octanol–water partition coefficient (Wildman–Crippen LogP) is 8.45. The topological polar surface area (TPSA) is 74.2 Å². The number of unbranched alkanes of at least 4 members (excludes halogenated alkanes) is 9. The number of hydrogen-bond acceptors (Lipinski definition) is 5. The van der Waals surface area contributed by atoms with Crippen LogP contribution in [0.2, 0.25) is 0 Å². The van der Waals surface area contributed by atoms with Crippen LogP contribution in [0.25, 0.3) is 0 Å². The Kier molecular flexibility index (Phi) is 13.5. The van der Waals surface area contributed by atoms with Crippen molar-refractivity contribution >= 4 is 23.8 Å². The summed E-state index contributed by atoms with van der Waals surface area (Å²) in [7, 11) is -2.96. The van der Waals surface area contributed by atoms with Crippen LogP contribution in [-0.4, -0.2) is 18.6 Å². The minimum atomic E-state index is -4.43. The smallest absolute Gasteiger partial charge is 0.490 e. The van der Waals surface area contributed by atoms with Gasteiger partial charge in [0.2, 0.25) is 5.75 Å². The SMILES string of the molecule is CCCCCCCCCCCCOc1cccc(OP(=O)(O)Oc2cccc(CBr)c2)c1OC. The number of halogens is 1. The lowest BCUT2D eigenvalue weighted by molar-refractivity contribution is 0.267. The highest BCUT2D eigenvalue weighted by Gasteiger charge is 2.28. The van der Waals surface area contributed by atoms with Gasteiger partial charge in [0.1, 0.15) is 5.75 Å². The molecule has 0 saturated carbocycles. The average Bonchev–Trinajstić information content (AvgIpc) is 2.82. The Morgan fingerprint density at radius 1 is 0.853 bits per heavy atom. The molecule has 1 atom stereocenters. The van der Waals surface area contributed by atoms with E-state index < -0.39 is 7.82 Å². The first-order valence-electron chi connectivity index (χ1n) is 12.2. The lowest BCUT2D eigenvalue weighted by atomic mass is 10.1. The largest absolute Gasteiger partial charge is 0.585 e. The van der Waals surface area contributed by atoms with E-state index in [0.29, 0.717) is 17.7 Å². The van der Waals surface area contributed by atoms with Gasteiger partial charge in [0, 0.05) is 5.33 Å². The van der Waals surface area contributed by atoms with Crippen molar-refractivity contribution in [1.82, 2.24) is 0 Å². The van der Waals surface area contributed by atoms with E-state index in [1.54, 1.807) is 36.4 Å². The molecule has 0 aliphatic heterocycles. The molecule has 2 rings (SSSR count). The summed E-state index contributed by atoms with van der Waals surface area (Å²) >= 11 is 3.35. The molecule has 2 aromatic rings. The quantitative estimate of drug-likeness (QED) is 0.113. The number of benzene rings is 2. The summed E-state index contributed by atoms with van der Waals surface area (Å²) < 4.78 is 34.4. The first kappa shape index (κ1) is 28.5. The fourth-order valence-corrected chi connectivity index (χ4v) is 4.77. The van der Waals surface area contributed by atoms with Gasteiger partial charge in [0.05, 0.1) is 13.7 Å². The fraction of sp³-hybridized carbons (Fsp3) is 0.538. The Morgan fingerprint density at radius 3 is 2.12 bits per heavy atom. The average molecular weight is 557 g/mol. The van der Waals surface area contributed by atoms with E-state index in [1.807, 2.05) is 6.07 Å². The Balaban J connectivity index is 1.81. The van der Waals surface area contributed by atoms with Crippen LogP contribution in [0.5, 0.6) is 23.0 Å². The summed E-state index contributed by atoms with van der Waals surface area (Å²) in [5.41, 5.74) is 0.914. The zero-order valence-electron chi connectivity index (χ0n) is 20.3. The number of hydrogen-bond donors (Lipinski definition) is 1. The summed E-state index contributed by atoms with van der Waals surface area (Å²) in [6.45, 7) is 2.79. The van der Waals surface area contributed by atoms with Crippen LogP contribution in [0, 0.1) is 0 Å². The van der Waals surface area contributed by atoms with E-state index in [0.717, 1.165) is 18.4 Å². The summed E-state index contributed by atoms with van der Waals surface area (Å²) in [5, 5.41) is 0.604. The molecular weight excluding hydrogens is 519 g/mol. The van der Waals surface area contributed by atoms with Gasteiger partial charge in [-0.05, 0) is 36.2 Å². The van der Waals surface area contributed by atoms with Crippen molar-refractivity contribution in [1.29, 1.82) is 0 Å². The van der Waals surface area contributed by atoms with Gasteiger partial charge in [0.15, 0.2) is 11.5 Å². The van der Waals surface area contributed by atoms with Gasteiger partial charge >= 0.3 is 7.82 Å². The molecule has 8 heteroatoms. The standard InChI is InChI=1S/C26H38BrO6P/c1-3-4-5-6-7-8-9-10-11-12-19-31-24-17-14-18-25(26(24)30-2)33-34(28,29)32-23-16-13-15-22(20-23)21-27/h13-18,20H,3-12,19,21H2,1-2H3,(H,28,29). The van der Waals surface area contributed by atoms with Crippen LogP contribution in [0.15, 0.2) is 42.5 Å². The second kappa shape index (κ2) is 16.1. The van der Waals surface area contributed by atoms with E-state index in [1.165, 1.54) is 58.5 Å². The van der Waals surface area contributed by atoms with Gasteiger partial charge in [-0.1, -0.05) is 98.8 Å². The van der Waals surface area contributed by atoms with Crippen molar-refractivity contribution in [2.45, 2.75) is 76.5 Å². The Hall–Kier alpha value is -1.69. The molecule has 0 aliphatic rings. The number of methoxy groups -OCH3 is 1. The zero-order chi connectivity index (χ0) is 24.7. The number of phosphoric acid groups is 1. The van der Waals surface area contributed by atoms with E-state index in [4.69, 9.17) is 18.5 Å². The van der Waals surface area contributed by atoms with Gasteiger partial charge in [-0.25, -0.2) is 4.57 Å². The van der Waals surface area contributed by atoms with Crippen molar-refractivity contribution in [3.05, 3.63) is 48.0 Å². The Labute approximate surface area is 212 Å². The van der Waals surface area contributed by atoms with E-state index in [-0.39, 0.29) is 17.2 Å². The van der Waals surface area contributed by atoms with Crippen molar-refractivity contribution in [3.8, 4) is 23.0 Å². The molecule has 0 bridgehead atoms. The number of alkyl halides is 1. The second-order valence-electron chi connectivity index (χ2n) is 8.25. The molecule has 190 valence electrons. The van der Waals surface area contributed by atoms with Crippen LogP contribution in [-0.2, 0) is 9.90 Å². The highest BCUT2D eigenvalue weighted by atomic mass is 79.9. The summed E-state index contributed by atoms with van der Waals surface area (Å²) in [6, 6.07) is 11.9. The lowest BCUT2D eigenvalue weighted by Crippen LogP contribution is -2.03. The summed E-state index contributed by atoms with van der Waals surface area (Å²) in [6.07, 6.45) is 12.5. The molecule has 0 fully saturated rings. The maximum absolute atomic E-state index is 12.6. The second-order valence-corrected chi connectivity index (χ2v) is 10.1. The molecule has 0 radical (unpaired) electrons. The molecule has 0 amide bonds. The van der Waals surface area contributed by atoms with Crippen molar-refractivity contribution in [2.24, 2.45) is 0 Å². The van der Waals surface area contributed by atoms with E-state index in [2.05, 4.69) is 22.9 Å². The van der Waals surface area contributed by atoms with E-state index in [9.17, 15) is 9.46 Å². The van der Waals surface area contributed by atoms with Crippen LogP contribution >= 0.6 is 23.8 Å². The first-order chi connectivity index (χ1) is 16.5. The van der Waals surface area contributed by atoms with Gasteiger partial charge in [-0.15, -0.1) is 0 Å².